The second kappa shape index (κ2) is 6.32. The summed E-state index contributed by atoms with van der Waals surface area (Å²) in [5.74, 6) is 0.682. The van der Waals surface area contributed by atoms with Crippen molar-refractivity contribution in [1.82, 2.24) is 4.98 Å². The zero-order valence-corrected chi connectivity index (χ0v) is 13.1. The Balaban J connectivity index is 2.15. The lowest BCUT2D eigenvalue weighted by Gasteiger charge is -2.11. The molecule has 0 aliphatic heterocycles. The van der Waals surface area contributed by atoms with Crippen LogP contribution >= 0.6 is 11.6 Å². The van der Waals surface area contributed by atoms with Gasteiger partial charge in [-0.05, 0) is 50.2 Å². The van der Waals surface area contributed by atoms with E-state index in [0.717, 1.165) is 0 Å². The Morgan fingerprint density at radius 3 is 2.33 bits per heavy atom. The van der Waals surface area contributed by atoms with Gasteiger partial charge in [-0.25, -0.2) is 13.4 Å². The van der Waals surface area contributed by atoms with Gasteiger partial charge in [0.25, 0.3) is 10.0 Å². The van der Waals surface area contributed by atoms with Crippen LogP contribution in [0.15, 0.2) is 47.5 Å². The van der Waals surface area contributed by atoms with Crippen LogP contribution in [0.4, 0.5) is 5.69 Å². The number of halogens is 1. The predicted molar refractivity (Wildman–Crippen MR) is 82.3 cm³/mol. The Kier molecular flexibility index (Phi) is 4.69. The molecule has 0 spiro atoms. The minimum Gasteiger partial charge on any atom is -0.491 e. The van der Waals surface area contributed by atoms with Gasteiger partial charge in [-0.2, -0.15) is 0 Å². The van der Waals surface area contributed by atoms with E-state index in [9.17, 15) is 8.42 Å². The van der Waals surface area contributed by atoms with E-state index in [1.165, 1.54) is 18.3 Å². The summed E-state index contributed by atoms with van der Waals surface area (Å²) in [6.07, 6.45) is 1.27. The molecule has 0 aliphatic rings. The van der Waals surface area contributed by atoms with Gasteiger partial charge < -0.3 is 4.74 Å². The smallest absolute Gasteiger partial charge is 0.263 e. The predicted octanol–water partition coefficient (Wildman–Crippen LogP) is 3.32. The van der Waals surface area contributed by atoms with Crippen molar-refractivity contribution in [2.24, 2.45) is 0 Å². The van der Waals surface area contributed by atoms with Gasteiger partial charge in [0, 0.05) is 11.9 Å². The average Bonchev–Trinajstić information content (AvgIpc) is 2.40. The van der Waals surface area contributed by atoms with E-state index >= 15 is 0 Å². The number of anilines is 1. The topological polar surface area (TPSA) is 68.3 Å². The lowest BCUT2D eigenvalue weighted by molar-refractivity contribution is 0.242. The van der Waals surface area contributed by atoms with Gasteiger partial charge >= 0.3 is 0 Å². The molecular weight excluding hydrogens is 312 g/mol. The Hall–Kier alpha value is -1.79. The lowest BCUT2D eigenvalue weighted by Crippen LogP contribution is -2.13. The maximum Gasteiger partial charge on any atom is 0.263 e. The summed E-state index contributed by atoms with van der Waals surface area (Å²) in [4.78, 5) is 3.81. The van der Waals surface area contributed by atoms with E-state index in [-0.39, 0.29) is 16.2 Å². The molecular formula is C14H15ClN2O3S. The molecule has 2 aromatic rings. The Bertz CT molecular complexity index is 698. The van der Waals surface area contributed by atoms with Crippen molar-refractivity contribution in [3.63, 3.8) is 0 Å². The third-order valence-corrected chi connectivity index (χ3v) is 4.08. The summed E-state index contributed by atoms with van der Waals surface area (Å²) < 4.78 is 32.3. The maximum atomic E-state index is 12.2. The molecule has 2 rings (SSSR count). The van der Waals surface area contributed by atoms with Crippen molar-refractivity contribution in [2.45, 2.75) is 24.8 Å². The fourth-order valence-electron chi connectivity index (χ4n) is 1.61. The number of nitrogens with one attached hydrogen (secondary N) is 1. The summed E-state index contributed by atoms with van der Waals surface area (Å²) in [6, 6.07) is 9.51. The second-order valence-corrected chi connectivity index (χ2v) is 6.68. The third-order valence-electron chi connectivity index (χ3n) is 2.49. The van der Waals surface area contributed by atoms with Gasteiger partial charge in [-0.3, -0.25) is 4.72 Å². The summed E-state index contributed by atoms with van der Waals surface area (Å²) in [5.41, 5.74) is 0.445. The highest BCUT2D eigenvalue weighted by molar-refractivity contribution is 7.92. The van der Waals surface area contributed by atoms with Gasteiger partial charge in [0.2, 0.25) is 0 Å². The number of sulfonamides is 1. The number of rotatable bonds is 5. The quantitative estimate of drug-likeness (QED) is 0.856. The first-order chi connectivity index (χ1) is 9.87. The van der Waals surface area contributed by atoms with Gasteiger partial charge in [-0.1, -0.05) is 11.6 Å². The molecule has 0 atom stereocenters. The molecule has 7 heteroatoms. The number of pyridine rings is 1. The lowest BCUT2D eigenvalue weighted by atomic mass is 10.3. The Morgan fingerprint density at radius 1 is 1.14 bits per heavy atom. The Morgan fingerprint density at radius 2 is 1.81 bits per heavy atom. The molecule has 0 saturated carbocycles. The van der Waals surface area contributed by atoms with Crippen molar-refractivity contribution < 1.29 is 13.2 Å². The average molecular weight is 327 g/mol. The van der Waals surface area contributed by atoms with E-state index in [4.69, 9.17) is 16.3 Å². The molecule has 0 radical (unpaired) electrons. The number of benzene rings is 1. The molecule has 5 nitrogen and oxygen atoms in total. The SMILES string of the molecule is CC(C)Oc1ccc(NS(=O)(=O)c2ccc(Cl)nc2)cc1. The van der Waals surface area contributed by atoms with Crippen molar-refractivity contribution in [3.8, 4) is 5.75 Å². The molecule has 0 unspecified atom stereocenters. The first-order valence-electron chi connectivity index (χ1n) is 6.28. The van der Waals surface area contributed by atoms with Crippen LogP contribution in [0.1, 0.15) is 13.8 Å². The van der Waals surface area contributed by atoms with Crippen molar-refractivity contribution in [2.75, 3.05) is 4.72 Å². The van der Waals surface area contributed by atoms with E-state index in [0.29, 0.717) is 11.4 Å². The number of ether oxygens (including phenoxy) is 1. The first-order valence-corrected chi connectivity index (χ1v) is 8.14. The minimum absolute atomic E-state index is 0.0504. The summed E-state index contributed by atoms with van der Waals surface area (Å²) >= 11 is 5.64. The molecule has 0 saturated heterocycles. The van der Waals surface area contributed by atoms with E-state index < -0.39 is 10.0 Å². The van der Waals surface area contributed by atoms with Crippen LogP contribution in [0.5, 0.6) is 5.75 Å². The number of nitrogens with zero attached hydrogens (tertiary/aromatic N) is 1. The molecule has 1 aromatic carbocycles. The first kappa shape index (κ1) is 15.6. The second-order valence-electron chi connectivity index (χ2n) is 4.61. The summed E-state index contributed by atoms with van der Waals surface area (Å²) in [5, 5.41) is 0.240. The molecule has 1 aromatic heterocycles. The van der Waals surface area contributed by atoms with Gasteiger partial charge in [0.05, 0.1) is 6.10 Å². The molecule has 1 heterocycles. The zero-order valence-electron chi connectivity index (χ0n) is 11.6. The summed E-state index contributed by atoms with van der Waals surface area (Å²) in [7, 11) is -3.68. The fraction of sp³-hybridized carbons (Fsp3) is 0.214. The zero-order chi connectivity index (χ0) is 15.5. The fourth-order valence-corrected chi connectivity index (χ4v) is 2.72. The third kappa shape index (κ3) is 4.34. The molecule has 1 N–H and O–H groups in total. The normalized spacial score (nSPS) is 11.4. The molecule has 0 fully saturated rings. The van der Waals surface area contributed by atoms with Crippen LogP contribution < -0.4 is 9.46 Å². The molecule has 0 amide bonds. The molecule has 0 bridgehead atoms. The van der Waals surface area contributed by atoms with Crippen LogP contribution in [-0.2, 0) is 10.0 Å². The molecule has 21 heavy (non-hydrogen) atoms. The van der Waals surface area contributed by atoms with Crippen LogP contribution in [0.3, 0.4) is 0 Å². The van der Waals surface area contributed by atoms with Crippen LogP contribution in [0, 0.1) is 0 Å². The van der Waals surface area contributed by atoms with E-state index in [1.54, 1.807) is 24.3 Å². The van der Waals surface area contributed by atoms with Crippen molar-refractivity contribution in [1.29, 1.82) is 0 Å². The van der Waals surface area contributed by atoms with Crippen LogP contribution in [-0.4, -0.2) is 19.5 Å². The Labute approximate surface area is 129 Å². The van der Waals surface area contributed by atoms with Gasteiger partial charge in [0.15, 0.2) is 0 Å². The van der Waals surface area contributed by atoms with E-state index in [1.807, 2.05) is 13.8 Å². The van der Waals surface area contributed by atoms with Gasteiger partial charge in [-0.15, -0.1) is 0 Å². The van der Waals surface area contributed by atoms with Gasteiger partial charge in [0.1, 0.15) is 15.8 Å². The van der Waals surface area contributed by atoms with Crippen molar-refractivity contribution in [3.05, 3.63) is 47.7 Å². The summed E-state index contributed by atoms with van der Waals surface area (Å²) in [6.45, 7) is 3.84. The maximum absolute atomic E-state index is 12.2. The van der Waals surface area contributed by atoms with Crippen LogP contribution in [0.25, 0.3) is 0 Å². The monoisotopic (exact) mass is 326 g/mol. The highest BCUT2D eigenvalue weighted by atomic mass is 35.5. The highest BCUT2D eigenvalue weighted by Gasteiger charge is 2.14. The number of aromatic nitrogens is 1. The number of hydrogen-bond acceptors (Lipinski definition) is 4. The van der Waals surface area contributed by atoms with Crippen LogP contribution in [0.2, 0.25) is 5.15 Å². The van der Waals surface area contributed by atoms with E-state index in [2.05, 4.69) is 9.71 Å². The largest absolute Gasteiger partial charge is 0.491 e. The minimum atomic E-state index is -3.68. The van der Waals surface area contributed by atoms with Crippen molar-refractivity contribution >= 4 is 27.3 Å². The standard InChI is InChI=1S/C14H15ClN2O3S/c1-10(2)20-12-5-3-11(4-6-12)17-21(18,19)13-7-8-14(15)16-9-13/h3-10,17H,1-2H3. The highest BCUT2D eigenvalue weighted by Crippen LogP contribution is 2.20. The number of hydrogen-bond donors (Lipinski definition) is 1. The molecule has 0 aliphatic carbocycles. The molecule has 112 valence electrons.